The summed E-state index contributed by atoms with van der Waals surface area (Å²) in [5.41, 5.74) is 2.03. The molecule has 102 valence electrons. The molecule has 1 unspecified atom stereocenters. The molecular formula is C15H22N4. The van der Waals surface area contributed by atoms with Crippen molar-refractivity contribution >= 4 is 11.2 Å². The average Bonchev–Trinajstić information content (AvgIpc) is 2.74. The van der Waals surface area contributed by atoms with Gasteiger partial charge >= 0.3 is 0 Å². The van der Waals surface area contributed by atoms with Crippen LogP contribution in [0.15, 0.2) is 18.3 Å². The van der Waals surface area contributed by atoms with Gasteiger partial charge in [0.05, 0.1) is 6.17 Å². The average molecular weight is 258 g/mol. The standard InChI is InChI=1S/C15H22N4/c1-11(2)18-10-5-4-8-14(18)19-12(3)17-13-7-6-9-16-15(13)19/h6-7,9,11,14H,4-5,8,10H2,1-3H3. The summed E-state index contributed by atoms with van der Waals surface area (Å²) in [6.45, 7) is 7.82. The monoisotopic (exact) mass is 258 g/mol. The van der Waals surface area contributed by atoms with Crippen LogP contribution in [-0.4, -0.2) is 32.0 Å². The maximum Gasteiger partial charge on any atom is 0.161 e. The number of pyridine rings is 1. The van der Waals surface area contributed by atoms with Gasteiger partial charge in [-0.05, 0) is 52.2 Å². The fourth-order valence-electron chi connectivity index (χ4n) is 3.22. The summed E-state index contributed by atoms with van der Waals surface area (Å²) in [7, 11) is 0. The predicted octanol–water partition coefficient (Wildman–Crippen LogP) is 3.13. The largest absolute Gasteiger partial charge is 0.296 e. The molecule has 2 aromatic heterocycles. The highest BCUT2D eigenvalue weighted by molar-refractivity contribution is 5.71. The first-order chi connectivity index (χ1) is 9.18. The lowest BCUT2D eigenvalue weighted by molar-refractivity contribution is 0.0653. The molecule has 2 aromatic rings. The van der Waals surface area contributed by atoms with Gasteiger partial charge in [-0.2, -0.15) is 0 Å². The van der Waals surface area contributed by atoms with Crippen LogP contribution in [-0.2, 0) is 0 Å². The number of rotatable bonds is 2. The van der Waals surface area contributed by atoms with Crippen molar-refractivity contribution in [2.75, 3.05) is 6.54 Å². The van der Waals surface area contributed by atoms with Crippen molar-refractivity contribution in [3.05, 3.63) is 24.2 Å². The van der Waals surface area contributed by atoms with Crippen LogP contribution in [0.25, 0.3) is 11.2 Å². The van der Waals surface area contributed by atoms with Gasteiger partial charge in [0.2, 0.25) is 0 Å². The lowest BCUT2D eigenvalue weighted by Gasteiger charge is -2.39. The van der Waals surface area contributed by atoms with E-state index in [1.807, 2.05) is 18.3 Å². The zero-order valence-corrected chi connectivity index (χ0v) is 12.0. The van der Waals surface area contributed by atoms with E-state index < -0.39 is 0 Å². The second-order valence-electron chi connectivity index (χ2n) is 5.68. The number of fused-ring (bicyclic) bond motifs is 1. The minimum Gasteiger partial charge on any atom is -0.296 e. The van der Waals surface area contributed by atoms with E-state index in [9.17, 15) is 0 Å². The fourth-order valence-corrected chi connectivity index (χ4v) is 3.22. The Kier molecular flexibility index (Phi) is 3.27. The number of imidazole rings is 1. The molecule has 0 saturated carbocycles. The van der Waals surface area contributed by atoms with Crippen LogP contribution in [0.5, 0.6) is 0 Å². The Balaban J connectivity index is 2.09. The van der Waals surface area contributed by atoms with Gasteiger partial charge in [-0.3, -0.25) is 9.47 Å². The predicted molar refractivity (Wildman–Crippen MR) is 77.0 cm³/mol. The summed E-state index contributed by atoms with van der Waals surface area (Å²) in [6, 6.07) is 4.57. The van der Waals surface area contributed by atoms with Gasteiger partial charge in [-0.1, -0.05) is 0 Å². The number of aromatic nitrogens is 3. The Bertz CT molecular complexity index is 573. The lowest BCUT2D eigenvalue weighted by atomic mass is 10.1. The fraction of sp³-hybridized carbons (Fsp3) is 0.600. The first-order valence-corrected chi connectivity index (χ1v) is 7.24. The summed E-state index contributed by atoms with van der Waals surface area (Å²) in [6.07, 6.45) is 6.06. The molecule has 0 aliphatic carbocycles. The van der Waals surface area contributed by atoms with E-state index in [1.165, 1.54) is 25.8 Å². The maximum absolute atomic E-state index is 4.66. The van der Waals surface area contributed by atoms with Crippen LogP contribution in [0.1, 0.15) is 45.1 Å². The first kappa shape index (κ1) is 12.6. The van der Waals surface area contributed by atoms with E-state index in [0.717, 1.165) is 17.0 Å². The number of hydrogen-bond acceptors (Lipinski definition) is 3. The van der Waals surface area contributed by atoms with Crippen LogP contribution in [0.4, 0.5) is 0 Å². The van der Waals surface area contributed by atoms with Crippen molar-refractivity contribution < 1.29 is 0 Å². The van der Waals surface area contributed by atoms with Gasteiger partial charge in [0.1, 0.15) is 11.3 Å². The highest BCUT2D eigenvalue weighted by Gasteiger charge is 2.28. The number of likely N-dealkylation sites (tertiary alicyclic amines) is 1. The smallest absolute Gasteiger partial charge is 0.161 e. The first-order valence-electron chi connectivity index (χ1n) is 7.24. The lowest BCUT2D eigenvalue weighted by Crippen LogP contribution is -2.41. The van der Waals surface area contributed by atoms with Crippen molar-refractivity contribution in [2.45, 2.75) is 52.2 Å². The molecule has 3 heterocycles. The Morgan fingerprint density at radius 2 is 2.16 bits per heavy atom. The summed E-state index contributed by atoms with van der Waals surface area (Å²) in [5.74, 6) is 1.08. The van der Waals surface area contributed by atoms with Crippen molar-refractivity contribution in [1.29, 1.82) is 0 Å². The summed E-state index contributed by atoms with van der Waals surface area (Å²) < 4.78 is 2.33. The van der Waals surface area contributed by atoms with Crippen LogP contribution in [0, 0.1) is 6.92 Å². The van der Waals surface area contributed by atoms with E-state index >= 15 is 0 Å². The minimum absolute atomic E-state index is 0.411. The van der Waals surface area contributed by atoms with Gasteiger partial charge in [0, 0.05) is 18.8 Å². The van der Waals surface area contributed by atoms with E-state index in [-0.39, 0.29) is 0 Å². The Morgan fingerprint density at radius 3 is 2.95 bits per heavy atom. The van der Waals surface area contributed by atoms with Crippen LogP contribution < -0.4 is 0 Å². The van der Waals surface area contributed by atoms with Crippen LogP contribution in [0.2, 0.25) is 0 Å². The summed E-state index contributed by atoms with van der Waals surface area (Å²) >= 11 is 0. The number of piperidine rings is 1. The van der Waals surface area contributed by atoms with E-state index in [2.05, 4.69) is 40.2 Å². The number of nitrogens with zero attached hydrogens (tertiary/aromatic N) is 4. The highest BCUT2D eigenvalue weighted by atomic mass is 15.3. The SMILES string of the molecule is Cc1nc2cccnc2n1C1CCCCN1C(C)C. The van der Waals surface area contributed by atoms with Crippen LogP contribution >= 0.6 is 0 Å². The van der Waals surface area contributed by atoms with Crippen molar-refractivity contribution in [3.63, 3.8) is 0 Å². The molecule has 4 heteroatoms. The zero-order chi connectivity index (χ0) is 13.4. The molecule has 0 aromatic carbocycles. The zero-order valence-electron chi connectivity index (χ0n) is 12.0. The molecule has 1 atom stereocenters. The molecule has 19 heavy (non-hydrogen) atoms. The van der Waals surface area contributed by atoms with Gasteiger partial charge in [-0.25, -0.2) is 9.97 Å². The third-order valence-corrected chi connectivity index (χ3v) is 4.10. The Hall–Kier alpha value is -1.42. The third kappa shape index (κ3) is 2.14. The number of hydrogen-bond donors (Lipinski definition) is 0. The van der Waals surface area contributed by atoms with E-state index in [0.29, 0.717) is 12.2 Å². The highest BCUT2D eigenvalue weighted by Crippen LogP contribution is 2.31. The quantitative estimate of drug-likeness (QED) is 0.830. The second-order valence-corrected chi connectivity index (χ2v) is 5.68. The molecule has 0 amide bonds. The van der Waals surface area contributed by atoms with Gasteiger partial charge in [0.25, 0.3) is 0 Å². The van der Waals surface area contributed by atoms with Crippen molar-refractivity contribution in [3.8, 4) is 0 Å². The molecule has 3 rings (SSSR count). The molecule has 0 spiro atoms. The van der Waals surface area contributed by atoms with Gasteiger partial charge < -0.3 is 0 Å². The number of aryl methyl sites for hydroxylation is 1. The molecule has 4 nitrogen and oxygen atoms in total. The summed E-state index contributed by atoms with van der Waals surface area (Å²) in [5, 5.41) is 0. The van der Waals surface area contributed by atoms with E-state index in [1.54, 1.807) is 0 Å². The topological polar surface area (TPSA) is 34.0 Å². The molecule has 1 aliphatic heterocycles. The molecular weight excluding hydrogens is 236 g/mol. The Labute approximate surface area is 114 Å². The Morgan fingerprint density at radius 1 is 1.32 bits per heavy atom. The molecule has 1 fully saturated rings. The molecule has 1 saturated heterocycles. The minimum atomic E-state index is 0.411. The van der Waals surface area contributed by atoms with Gasteiger partial charge in [0.15, 0.2) is 5.65 Å². The second kappa shape index (κ2) is 4.93. The third-order valence-electron chi connectivity index (χ3n) is 4.10. The maximum atomic E-state index is 4.66. The normalized spacial score (nSPS) is 21.4. The van der Waals surface area contributed by atoms with Crippen LogP contribution in [0.3, 0.4) is 0 Å². The molecule has 0 radical (unpaired) electrons. The molecule has 0 bridgehead atoms. The molecule has 1 aliphatic rings. The van der Waals surface area contributed by atoms with Crippen molar-refractivity contribution in [1.82, 2.24) is 19.4 Å². The molecule has 0 N–H and O–H groups in total. The van der Waals surface area contributed by atoms with Crippen molar-refractivity contribution in [2.24, 2.45) is 0 Å². The summed E-state index contributed by atoms with van der Waals surface area (Å²) in [4.78, 5) is 11.8. The van der Waals surface area contributed by atoms with E-state index in [4.69, 9.17) is 0 Å². The van der Waals surface area contributed by atoms with Gasteiger partial charge in [-0.15, -0.1) is 0 Å².